The zero-order valence-electron chi connectivity index (χ0n) is 13.0. The van der Waals surface area contributed by atoms with Gasteiger partial charge < -0.3 is 24.8 Å². The van der Waals surface area contributed by atoms with Crippen LogP contribution in [-0.2, 0) is 10.9 Å². The third-order valence-corrected chi connectivity index (χ3v) is 3.04. The van der Waals surface area contributed by atoms with Crippen molar-refractivity contribution in [3.63, 3.8) is 0 Å². The molecule has 0 aliphatic rings. The molecule has 0 aromatic heterocycles. The molecule has 2 rings (SSSR count). The van der Waals surface area contributed by atoms with Crippen LogP contribution in [0.4, 0.5) is 8.78 Å². The predicted octanol–water partition coefficient (Wildman–Crippen LogP) is 3.41. The highest BCUT2D eigenvalue weighted by atomic mass is 19.3. The first kappa shape index (κ1) is 18.1. The monoisotopic (exact) mass is 352 g/mol. The van der Waals surface area contributed by atoms with E-state index in [1.165, 1.54) is 6.92 Å². The van der Waals surface area contributed by atoms with Gasteiger partial charge in [-0.15, -0.1) is 0 Å². The fraction of sp³-hybridized carbons (Fsp3) is 0.118. The number of carbonyl (C=O) groups is 1. The highest BCUT2D eigenvalue weighted by Gasteiger charge is 2.35. The van der Waals surface area contributed by atoms with Gasteiger partial charge in [-0.3, -0.25) is 0 Å². The van der Waals surface area contributed by atoms with E-state index in [2.05, 4.69) is 11.3 Å². The lowest BCUT2D eigenvalue weighted by molar-refractivity contribution is -0.185. The van der Waals surface area contributed by atoms with Crippen LogP contribution >= 0.6 is 0 Å². The summed E-state index contributed by atoms with van der Waals surface area (Å²) in [4.78, 5) is 11.4. The number of alkyl halides is 2. The van der Waals surface area contributed by atoms with E-state index in [1.807, 2.05) is 0 Å². The molecular formula is C17H14F2O6. The highest BCUT2D eigenvalue weighted by Crippen LogP contribution is 2.41. The number of phenols is 3. The van der Waals surface area contributed by atoms with Gasteiger partial charge in [0.25, 0.3) is 0 Å². The summed E-state index contributed by atoms with van der Waals surface area (Å²) < 4.78 is 37.7. The van der Waals surface area contributed by atoms with Crippen LogP contribution in [0.1, 0.15) is 12.5 Å². The molecule has 0 saturated carbocycles. The predicted molar refractivity (Wildman–Crippen MR) is 82.8 cm³/mol. The number of carbonyl (C=O) groups excluding carboxylic acids is 1. The van der Waals surface area contributed by atoms with Gasteiger partial charge in [-0.1, -0.05) is 6.58 Å². The number of benzene rings is 2. The Bertz CT molecular complexity index is 791. The summed E-state index contributed by atoms with van der Waals surface area (Å²) in [5.74, 6) is -3.67. The average molecular weight is 352 g/mol. The summed E-state index contributed by atoms with van der Waals surface area (Å²) in [6, 6.07) is 5.73. The summed E-state index contributed by atoms with van der Waals surface area (Å²) in [5, 5.41) is 27.8. The first-order valence-electron chi connectivity index (χ1n) is 6.90. The van der Waals surface area contributed by atoms with Gasteiger partial charge in [-0.05, 0) is 31.2 Å². The third kappa shape index (κ3) is 4.17. The fourth-order valence-corrected chi connectivity index (χ4v) is 1.76. The summed E-state index contributed by atoms with van der Waals surface area (Å²) in [6.07, 6.45) is -3.81. The number of aromatic hydroxyl groups is 3. The van der Waals surface area contributed by atoms with Crippen molar-refractivity contribution in [2.75, 3.05) is 0 Å². The van der Waals surface area contributed by atoms with Gasteiger partial charge in [0.05, 0.1) is 5.56 Å². The van der Waals surface area contributed by atoms with Gasteiger partial charge in [0.1, 0.15) is 11.5 Å². The van der Waals surface area contributed by atoms with Gasteiger partial charge in [0.15, 0.2) is 11.5 Å². The van der Waals surface area contributed by atoms with Gasteiger partial charge in [0, 0.05) is 17.7 Å². The molecule has 0 saturated heterocycles. The van der Waals surface area contributed by atoms with Crippen LogP contribution < -0.4 is 9.47 Å². The molecule has 0 aliphatic carbocycles. The first-order chi connectivity index (χ1) is 11.6. The van der Waals surface area contributed by atoms with Crippen LogP contribution in [0, 0.1) is 0 Å². The van der Waals surface area contributed by atoms with Crippen LogP contribution in [0.5, 0.6) is 28.7 Å². The van der Waals surface area contributed by atoms with Crippen molar-refractivity contribution in [1.82, 2.24) is 0 Å². The molecule has 0 unspecified atom stereocenters. The molecule has 6 nitrogen and oxygen atoms in total. The molecule has 0 fully saturated rings. The topological polar surface area (TPSA) is 96.2 Å². The van der Waals surface area contributed by atoms with E-state index in [9.17, 15) is 28.9 Å². The largest absolute Gasteiger partial charge is 0.504 e. The van der Waals surface area contributed by atoms with Crippen molar-refractivity contribution in [2.45, 2.75) is 13.0 Å². The minimum absolute atomic E-state index is 0.0486. The molecule has 3 N–H and O–H groups in total. The molecule has 25 heavy (non-hydrogen) atoms. The number of phenolic OH excluding ortho intramolecular Hbond substituents is 3. The van der Waals surface area contributed by atoms with E-state index in [1.54, 1.807) is 0 Å². The van der Waals surface area contributed by atoms with Crippen LogP contribution in [0.2, 0.25) is 0 Å². The lowest BCUT2D eigenvalue weighted by Gasteiger charge is -2.19. The molecule has 8 heteroatoms. The molecule has 0 atom stereocenters. The molecule has 2 aromatic rings. The quantitative estimate of drug-likeness (QED) is 0.330. The van der Waals surface area contributed by atoms with Crippen molar-refractivity contribution < 1.29 is 38.4 Å². The molecule has 2 aromatic carbocycles. The molecule has 0 radical (unpaired) electrons. The lowest BCUT2D eigenvalue weighted by Crippen LogP contribution is -2.21. The van der Waals surface area contributed by atoms with E-state index in [4.69, 9.17) is 4.74 Å². The summed E-state index contributed by atoms with van der Waals surface area (Å²) in [5.41, 5.74) is -0.403. The number of ether oxygens (including phenoxy) is 2. The molecule has 0 bridgehead atoms. The number of hydrogen-bond acceptors (Lipinski definition) is 6. The Morgan fingerprint density at radius 3 is 2.04 bits per heavy atom. The van der Waals surface area contributed by atoms with E-state index in [-0.39, 0.29) is 11.3 Å². The Balaban J connectivity index is 2.19. The molecular weight excluding hydrogens is 338 g/mol. The van der Waals surface area contributed by atoms with Crippen molar-refractivity contribution in [3.05, 3.63) is 54.1 Å². The van der Waals surface area contributed by atoms with Gasteiger partial charge in [-0.2, -0.15) is 8.78 Å². The van der Waals surface area contributed by atoms with Crippen LogP contribution in [0.3, 0.4) is 0 Å². The van der Waals surface area contributed by atoms with E-state index >= 15 is 0 Å². The van der Waals surface area contributed by atoms with E-state index in [0.717, 1.165) is 36.4 Å². The van der Waals surface area contributed by atoms with Gasteiger partial charge in [0.2, 0.25) is 5.75 Å². The molecule has 0 spiro atoms. The standard InChI is InChI=1S/C17H14F2O6/c1-9(2)16(23)24-11-5-3-10(4-6-11)17(18,19)25-12-7-13(20)15(22)14(21)8-12/h3-8,20-22H,1H2,2H3. The molecule has 0 aliphatic heterocycles. The van der Waals surface area contributed by atoms with Crippen LogP contribution in [0.15, 0.2) is 48.6 Å². The maximum atomic E-state index is 14.2. The van der Waals surface area contributed by atoms with Crippen LogP contribution in [0.25, 0.3) is 0 Å². The fourth-order valence-electron chi connectivity index (χ4n) is 1.76. The maximum Gasteiger partial charge on any atom is 0.426 e. The number of hydrogen-bond donors (Lipinski definition) is 3. The van der Waals surface area contributed by atoms with E-state index in [0.29, 0.717) is 0 Å². The summed E-state index contributed by atoms with van der Waals surface area (Å²) in [7, 11) is 0. The number of rotatable bonds is 5. The zero-order chi connectivity index (χ0) is 18.8. The first-order valence-corrected chi connectivity index (χ1v) is 6.90. The second-order valence-electron chi connectivity index (χ2n) is 5.12. The Labute approximate surface area is 141 Å². The number of esters is 1. The molecule has 0 amide bonds. The van der Waals surface area contributed by atoms with Crippen molar-refractivity contribution >= 4 is 5.97 Å². The Morgan fingerprint density at radius 1 is 1.04 bits per heavy atom. The Hall–Kier alpha value is -3.29. The SMILES string of the molecule is C=C(C)C(=O)Oc1ccc(C(F)(F)Oc2cc(O)c(O)c(O)c2)cc1. The van der Waals surface area contributed by atoms with Crippen LogP contribution in [-0.4, -0.2) is 21.3 Å². The maximum absolute atomic E-state index is 14.2. The Morgan fingerprint density at radius 2 is 1.56 bits per heavy atom. The van der Waals surface area contributed by atoms with Crippen molar-refractivity contribution in [2.24, 2.45) is 0 Å². The lowest BCUT2D eigenvalue weighted by atomic mass is 10.2. The highest BCUT2D eigenvalue weighted by molar-refractivity contribution is 5.88. The second-order valence-corrected chi connectivity index (χ2v) is 5.12. The smallest absolute Gasteiger partial charge is 0.426 e. The molecule has 0 heterocycles. The molecule has 132 valence electrons. The average Bonchev–Trinajstić information content (AvgIpc) is 2.52. The Kier molecular flexibility index (Phi) is 4.82. The van der Waals surface area contributed by atoms with Crippen molar-refractivity contribution in [3.8, 4) is 28.7 Å². The minimum Gasteiger partial charge on any atom is -0.504 e. The summed E-state index contributed by atoms with van der Waals surface area (Å²) >= 11 is 0. The minimum atomic E-state index is -3.81. The van der Waals surface area contributed by atoms with Gasteiger partial charge in [-0.25, -0.2) is 4.79 Å². The number of halogens is 2. The van der Waals surface area contributed by atoms with Crippen molar-refractivity contribution in [1.29, 1.82) is 0 Å². The third-order valence-electron chi connectivity index (χ3n) is 3.04. The summed E-state index contributed by atoms with van der Waals surface area (Å²) in [6.45, 7) is 4.85. The second kappa shape index (κ2) is 6.68. The van der Waals surface area contributed by atoms with Gasteiger partial charge >= 0.3 is 12.1 Å². The van der Waals surface area contributed by atoms with E-state index < -0.39 is 40.6 Å². The zero-order valence-corrected chi connectivity index (χ0v) is 13.0. The normalized spacial score (nSPS) is 11.0.